The first-order valence-electron chi connectivity index (χ1n) is 5.06. The Morgan fingerprint density at radius 1 is 1.50 bits per heavy atom. The number of benzene rings is 1. The van der Waals surface area contributed by atoms with Crippen LogP contribution in [0.5, 0.6) is 0 Å². The van der Waals surface area contributed by atoms with E-state index in [0.717, 1.165) is 11.3 Å². The zero-order valence-corrected chi connectivity index (χ0v) is 9.88. The van der Waals surface area contributed by atoms with Crippen LogP contribution >= 0.6 is 11.6 Å². The molecular weight excluding hydrogens is 226 g/mol. The molecule has 84 valence electrons. The van der Waals surface area contributed by atoms with Crippen LogP contribution in [0.15, 0.2) is 23.0 Å². The second-order valence-electron chi connectivity index (χ2n) is 3.57. The molecule has 0 saturated carbocycles. The monoisotopic (exact) mass is 237 g/mol. The summed E-state index contributed by atoms with van der Waals surface area (Å²) in [7, 11) is 0. The highest BCUT2D eigenvalue weighted by Gasteiger charge is 2.07. The summed E-state index contributed by atoms with van der Waals surface area (Å²) in [5.41, 5.74) is 1.49. The van der Waals surface area contributed by atoms with Crippen molar-refractivity contribution in [2.45, 2.75) is 20.3 Å². The van der Waals surface area contributed by atoms with Crippen LogP contribution in [0.2, 0.25) is 5.02 Å². The van der Waals surface area contributed by atoms with Gasteiger partial charge in [-0.1, -0.05) is 24.6 Å². The molecule has 0 radical (unpaired) electrons. The van der Waals surface area contributed by atoms with Crippen molar-refractivity contribution in [2.75, 3.05) is 0 Å². The number of halogens is 1. The van der Waals surface area contributed by atoms with Crippen molar-refractivity contribution in [1.29, 1.82) is 0 Å². The Morgan fingerprint density at radius 3 is 2.88 bits per heavy atom. The molecule has 0 amide bonds. The van der Waals surface area contributed by atoms with Crippen LogP contribution in [0.1, 0.15) is 18.3 Å². The molecular formula is C11H12ClN3O. The molecule has 4 nitrogen and oxygen atoms in total. The fourth-order valence-electron chi connectivity index (χ4n) is 1.52. The predicted molar refractivity (Wildman–Crippen MR) is 63.3 cm³/mol. The van der Waals surface area contributed by atoms with Gasteiger partial charge in [-0.15, -0.1) is 0 Å². The second kappa shape index (κ2) is 4.14. The first-order valence-corrected chi connectivity index (χ1v) is 5.44. The quantitative estimate of drug-likeness (QED) is 0.870. The van der Waals surface area contributed by atoms with Gasteiger partial charge in [-0.25, -0.2) is 14.6 Å². The maximum absolute atomic E-state index is 11.2. The number of hydrogen-bond acceptors (Lipinski definition) is 2. The normalized spacial score (nSPS) is 10.7. The van der Waals surface area contributed by atoms with Crippen molar-refractivity contribution >= 4 is 11.6 Å². The van der Waals surface area contributed by atoms with Crippen LogP contribution in [0, 0.1) is 6.92 Å². The highest BCUT2D eigenvalue weighted by Crippen LogP contribution is 2.19. The third-order valence-electron chi connectivity index (χ3n) is 2.43. The summed E-state index contributed by atoms with van der Waals surface area (Å²) in [5, 5.41) is 3.32. The minimum absolute atomic E-state index is 0.339. The minimum Gasteiger partial charge on any atom is -0.244 e. The number of aryl methyl sites for hydroxylation is 2. The molecule has 1 aromatic heterocycles. The van der Waals surface area contributed by atoms with Crippen molar-refractivity contribution in [1.82, 2.24) is 14.8 Å². The van der Waals surface area contributed by atoms with Crippen molar-refractivity contribution in [3.63, 3.8) is 0 Å². The van der Waals surface area contributed by atoms with E-state index in [4.69, 9.17) is 11.6 Å². The number of aromatic amines is 1. The third kappa shape index (κ3) is 1.88. The number of hydrogen-bond donors (Lipinski definition) is 1. The van der Waals surface area contributed by atoms with E-state index in [2.05, 4.69) is 10.1 Å². The Kier molecular flexibility index (Phi) is 2.83. The molecule has 5 heteroatoms. The summed E-state index contributed by atoms with van der Waals surface area (Å²) in [6.45, 7) is 3.88. The summed E-state index contributed by atoms with van der Waals surface area (Å²) in [6.07, 6.45) is 0.685. The number of aromatic nitrogens is 3. The molecule has 0 fully saturated rings. The maximum atomic E-state index is 11.2. The van der Waals surface area contributed by atoms with Crippen LogP contribution in [-0.4, -0.2) is 14.8 Å². The van der Waals surface area contributed by atoms with Gasteiger partial charge < -0.3 is 0 Å². The Bertz CT molecular complexity index is 571. The average Bonchev–Trinajstić information content (AvgIpc) is 2.63. The Hall–Kier alpha value is -1.55. The summed E-state index contributed by atoms with van der Waals surface area (Å²) in [4.78, 5) is 15.0. The van der Waals surface area contributed by atoms with E-state index in [9.17, 15) is 4.79 Å². The van der Waals surface area contributed by atoms with Crippen LogP contribution in [-0.2, 0) is 6.42 Å². The Labute approximate surface area is 97.9 Å². The molecule has 1 heterocycles. The van der Waals surface area contributed by atoms with Gasteiger partial charge in [-0.2, -0.15) is 4.98 Å². The SMILES string of the molecule is CCc1nc(=O)[nH]n1-c1ccc(C)c(Cl)c1. The molecule has 0 atom stereocenters. The summed E-state index contributed by atoms with van der Waals surface area (Å²) in [5.74, 6) is 0.699. The van der Waals surface area contributed by atoms with Crippen LogP contribution in [0.4, 0.5) is 0 Å². The second-order valence-corrected chi connectivity index (χ2v) is 3.97. The van der Waals surface area contributed by atoms with Gasteiger partial charge in [0.25, 0.3) is 0 Å². The lowest BCUT2D eigenvalue weighted by Crippen LogP contribution is -2.05. The van der Waals surface area contributed by atoms with Crippen molar-refractivity contribution in [2.24, 2.45) is 0 Å². The molecule has 0 aliphatic heterocycles. The standard InChI is InChI=1S/C11H12ClN3O/c1-3-10-13-11(16)14-15(10)8-5-4-7(2)9(12)6-8/h4-6H,3H2,1-2H3,(H,14,16). The summed E-state index contributed by atoms with van der Waals surface area (Å²) in [6, 6.07) is 5.63. The van der Waals surface area contributed by atoms with E-state index < -0.39 is 0 Å². The molecule has 2 rings (SSSR count). The molecule has 16 heavy (non-hydrogen) atoms. The largest absolute Gasteiger partial charge is 0.361 e. The lowest BCUT2D eigenvalue weighted by Gasteiger charge is -2.06. The maximum Gasteiger partial charge on any atom is 0.361 e. The Balaban J connectivity index is 2.57. The molecule has 0 unspecified atom stereocenters. The molecule has 1 N–H and O–H groups in total. The number of nitrogens with one attached hydrogen (secondary N) is 1. The fourth-order valence-corrected chi connectivity index (χ4v) is 1.70. The smallest absolute Gasteiger partial charge is 0.244 e. The van der Waals surface area contributed by atoms with Crippen LogP contribution in [0.3, 0.4) is 0 Å². The van der Waals surface area contributed by atoms with Gasteiger partial charge in [-0.3, -0.25) is 0 Å². The van der Waals surface area contributed by atoms with E-state index in [1.165, 1.54) is 0 Å². The van der Waals surface area contributed by atoms with Gasteiger partial charge in [0, 0.05) is 11.4 Å². The Morgan fingerprint density at radius 2 is 2.25 bits per heavy atom. The topological polar surface area (TPSA) is 50.7 Å². The van der Waals surface area contributed by atoms with Gasteiger partial charge in [0.15, 0.2) is 0 Å². The van der Waals surface area contributed by atoms with Gasteiger partial charge in [-0.05, 0) is 24.6 Å². The number of nitrogens with zero attached hydrogens (tertiary/aromatic N) is 2. The molecule has 0 saturated heterocycles. The molecule has 2 aromatic rings. The lowest BCUT2D eigenvalue weighted by molar-refractivity contribution is 0.797. The zero-order chi connectivity index (χ0) is 11.7. The highest BCUT2D eigenvalue weighted by atomic mass is 35.5. The van der Waals surface area contributed by atoms with Crippen molar-refractivity contribution in [3.8, 4) is 5.69 Å². The van der Waals surface area contributed by atoms with Gasteiger partial charge in [0.1, 0.15) is 5.82 Å². The molecule has 0 bridgehead atoms. The lowest BCUT2D eigenvalue weighted by atomic mass is 10.2. The predicted octanol–water partition coefficient (Wildman–Crippen LogP) is 2.08. The molecule has 0 spiro atoms. The van der Waals surface area contributed by atoms with E-state index >= 15 is 0 Å². The highest BCUT2D eigenvalue weighted by molar-refractivity contribution is 6.31. The fraction of sp³-hybridized carbons (Fsp3) is 0.273. The van der Waals surface area contributed by atoms with Gasteiger partial charge in [0.2, 0.25) is 0 Å². The molecule has 0 aliphatic rings. The van der Waals surface area contributed by atoms with Gasteiger partial charge in [0.05, 0.1) is 5.69 Å². The number of rotatable bonds is 2. The zero-order valence-electron chi connectivity index (χ0n) is 9.12. The van der Waals surface area contributed by atoms with E-state index in [0.29, 0.717) is 17.3 Å². The molecule has 0 aliphatic carbocycles. The first kappa shape index (κ1) is 11.0. The summed E-state index contributed by atoms with van der Waals surface area (Å²) < 4.78 is 1.66. The van der Waals surface area contributed by atoms with Crippen LogP contribution < -0.4 is 5.69 Å². The average molecular weight is 238 g/mol. The minimum atomic E-state index is -0.339. The van der Waals surface area contributed by atoms with E-state index in [1.807, 2.05) is 32.0 Å². The molecule has 1 aromatic carbocycles. The van der Waals surface area contributed by atoms with Crippen molar-refractivity contribution < 1.29 is 0 Å². The number of H-pyrrole nitrogens is 1. The first-order chi connectivity index (χ1) is 7.61. The van der Waals surface area contributed by atoms with Crippen molar-refractivity contribution in [3.05, 3.63) is 45.1 Å². The van der Waals surface area contributed by atoms with Crippen LogP contribution in [0.25, 0.3) is 5.69 Å². The van der Waals surface area contributed by atoms with E-state index in [1.54, 1.807) is 4.68 Å². The summed E-state index contributed by atoms with van der Waals surface area (Å²) >= 11 is 6.04. The van der Waals surface area contributed by atoms with Gasteiger partial charge >= 0.3 is 5.69 Å². The van der Waals surface area contributed by atoms with E-state index in [-0.39, 0.29) is 5.69 Å². The third-order valence-corrected chi connectivity index (χ3v) is 2.83.